The molecule has 0 aromatic rings. The quantitative estimate of drug-likeness (QED) is 0.517. The topological polar surface area (TPSA) is 108 Å². The first-order valence-corrected chi connectivity index (χ1v) is 5.76. The number of urea groups is 1. The van der Waals surface area contributed by atoms with Crippen LogP contribution >= 0.6 is 0 Å². The zero-order valence-corrected chi connectivity index (χ0v) is 9.54. The number of rotatable bonds is 2. The van der Waals surface area contributed by atoms with E-state index in [-0.39, 0.29) is 32.1 Å². The van der Waals surface area contributed by atoms with Gasteiger partial charge in [-0.2, -0.15) is 0 Å². The minimum absolute atomic E-state index is 0.0974. The number of carbonyl (C=O) groups excluding carboxylic acids is 2. The van der Waals surface area contributed by atoms with E-state index in [1.54, 1.807) is 0 Å². The lowest BCUT2D eigenvalue weighted by Crippen LogP contribution is -2.58. The fourth-order valence-electron chi connectivity index (χ4n) is 2.60. The van der Waals surface area contributed by atoms with Crippen LogP contribution in [0.15, 0.2) is 0 Å². The average Bonchev–Trinajstić information content (AvgIpc) is 2.81. The molecule has 4 atom stereocenters. The number of carbonyl (C=O) groups is 2. The van der Waals surface area contributed by atoms with Gasteiger partial charge in [-0.3, -0.25) is 15.0 Å². The summed E-state index contributed by atoms with van der Waals surface area (Å²) in [6, 6.07) is -0.562. The highest BCUT2D eigenvalue weighted by molar-refractivity contribution is 5.96. The summed E-state index contributed by atoms with van der Waals surface area (Å²) in [6.07, 6.45) is -2.25. The maximum atomic E-state index is 11.7. The van der Waals surface area contributed by atoms with Gasteiger partial charge in [0, 0.05) is 13.0 Å². The van der Waals surface area contributed by atoms with Gasteiger partial charge in [0.05, 0.1) is 13.2 Å². The van der Waals surface area contributed by atoms with E-state index in [1.807, 2.05) is 0 Å². The van der Waals surface area contributed by atoms with Gasteiger partial charge in [0.1, 0.15) is 17.8 Å². The van der Waals surface area contributed by atoms with Crippen LogP contribution in [0.4, 0.5) is 4.79 Å². The van der Waals surface area contributed by atoms with Crippen molar-refractivity contribution in [3.05, 3.63) is 0 Å². The van der Waals surface area contributed by atoms with Crippen molar-refractivity contribution >= 4 is 11.9 Å². The van der Waals surface area contributed by atoms with E-state index >= 15 is 0 Å². The van der Waals surface area contributed by atoms with Gasteiger partial charge in [-0.25, -0.2) is 4.79 Å². The van der Waals surface area contributed by atoms with Gasteiger partial charge in [-0.1, -0.05) is 0 Å². The molecule has 3 saturated heterocycles. The average molecular weight is 258 g/mol. The predicted octanol–water partition coefficient (Wildman–Crippen LogP) is -2.22. The molecule has 0 aromatic carbocycles. The lowest BCUT2D eigenvalue weighted by Gasteiger charge is -2.37. The van der Waals surface area contributed by atoms with Gasteiger partial charge in [0.2, 0.25) is 5.91 Å². The third-order valence-electron chi connectivity index (χ3n) is 3.67. The van der Waals surface area contributed by atoms with Crippen molar-refractivity contribution in [2.24, 2.45) is 0 Å². The number of nitrogens with zero attached hydrogens (tertiary/aromatic N) is 1. The molecule has 18 heavy (non-hydrogen) atoms. The van der Waals surface area contributed by atoms with Gasteiger partial charge in [-0.15, -0.1) is 0 Å². The van der Waals surface area contributed by atoms with Crippen LogP contribution < -0.4 is 5.32 Å². The third-order valence-corrected chi connectivity index (χ3v) is 3.67. The smallest absolute Gasteiger partial charge is 0.326 e. The molecule has 0 spiro atoms. The SMILES string of the molecule is O=C1CCN([C@@H]2O[C@@]3(CO)COC2[C@H]3O)C(=O)N1. The second kappa shape index (κ2) is 3.89. The van der Waals surface area contributed by atoms with E-state index in [2.05, 4.69) is 5.32 Å². The number of amides is 3. The molecular weight excluding hydrogens is 244 g/mol. The van der Waals surface area contributed by atoms with Crippen LogP contribution in [0.2, 0.25) is 0 Å². The molecule has 8 nitrogen and oxygen atoms in total. The molecule has 100 valence electrons. The van der Waals surface area contributed by atoms with E-state index in [9.17, 15) is 19.8 Å². The fraction of sp³-hybridized carbons (Fsp3) is 0.800. The Hall–Kier alpha value is -1.22. The first kappa shape index (κ1) is 11.8. The van der Waals surface area contributed by atoms with Crippen molar-refractivity contribution in [1.29, 1.82) is 0 Å². The van der Waals surface area contributed by atoms with E-state index in [0.717, 1.165) is 0 Å². The Morgan fingerprint density at radius 3 is 2.89 bits per heavy atom. The van der Waals surface area contributed by atoms with Crippen molar-refractivity contribution in [3.63, 3.8) is 0 Å². The van der Waals surface area contributed by atoms with E-state index in [0.29, 0.717) is 0 Å². The summed E-state index contributed by atoms with van der Waals surface area (Å²) in [5.74, 6) is -0.335. The molecule has 2 bridgehead atoms. The standard InChI is InChI=1S/C10H14N2O6/c13-3-10-4-17-6(7(10)15)8(18-10)12-2-1-5(14)11-9(12)16/h6-8,13,15H,1-4H2,(H,11,14,16)/t6?,7-,8-,10+/m1/s1. The number of hydrogen-bond donors (Lipinski definition) is 3. The summed E-state index contributed by atoms with van der Waals surface area (Å²) in [4.78, 5) is 24.1. The van der Waals surface area contributed by atoms with Crippen molar-refractivity contribution < 1.29 is 29.3 Å². The monoisotopic (exact) mass is 258 g/mol. The molecule has 0 radical (unpaired) electrons. The minimum Gasteiger partial charge on any atom is -0.393 e. The van der Waals surface area contributed by atoms with Gasteiger partial charge < -0.3 is 19.7 Å². The third kappa shape index (κ3) is 1.46. The Balaban J connectivity index is 1.79. The van der Waals surface area contributed by atoms with E-state index in [1.165, 1.54) is 4.90 Å². The Labute approximate surface area is 102 Å². The molecule has 0 saturated carbocycles. The molecule has 0 aliphatic carbocycles. The fourth-order valence-corrected chi connectivity index (χ4v) is 2.60. The van der Waals surface area contributed by atoms with Gasteiger partial charge in [-0.05, 0) is 0 Å². The van der Waals surface area contributed by atoms with Crippen LogP contribution in [-0.4, -0.2) is 70.8 Å². The molecular formula is C10H14N2O6. The Bertz CT molecular complexity index is 402. The van der Waals surface area contributed by atoms with Crippen LogP contribution in [0.5, 0.6) is 0 Å². The van der Waals surface area contributed by atoms with Gasteiger partial charge in [0.25, 0.3) is 0 Å². The number of aliphatic hydroxyl groups is 2. The summed E-state index contributed by atoms with van der Waals surface area (Å²) in [7, 11) is 0. The Morgan fingerprint density at radius 1 is 1.50 bits per heavy atom. The number of ether oxygens (including phenoxy) is 2. The number of imide groups is 1. The van der Waals surface area contributed by atoms with Crippen LogP contribution in [-0.2, 0) is 14.3 Å². The van der Waals surface area contributed by atoms with Crippen LogP contribution in [0.1, 0.15) is 6.42 Å². The normalized spacial score (nSPS) is 43.4. The maximum absolute atomic E-state index is 11.7. The van der Waals surface area contributed by atoms with Crippen molar-refractivity contribution in [2.45, 2.75) is 30.5 Å². The lowest BCUT2D eigenvalue weighted by molar-refractivity contribution is -0.197. The zero-order chi connectivity index (χ0) is 12.9. The van der Waals surface area contributed by atoms with Crippen molar-refractivity contribution in [2.75, 3.05) is 19.8 Å². The number of aliphatic hydroxyl groups excluding tert-OH is 2. The largest absolute Gasteiger partial charge is 0.393 e. The van der Waals surface area contributed by atoms with Crippen LogP contribution in [0, 0.1) is 0 Å². The minimum atomic E-state index is -1.16. The van der Waals surface area contributed by atoms with E-state index < -0.39 is 30.1 Å². The number of nitrogens with one attached hydrogen (secondary N) is 1. The molecule has 3 aliphatic rings. The summed E-state index contributed by atoms with van der Waals surface area (Å²) >= 11 is 0. The summed E-state index contributed by atoms with van der Waals surface area (Å²) in [5.41, 5.74) is -1.16. The molecule has 3 fully saturated rings. The lowest BCUT2D eigenvalue weighted by atomic mass is 10.0. The molecule has 1 unspecified atom stereocenters. The predicted molar refractivity (Wildman–Crippen MR) is 55.3 cm³/mol. The van der Waals surface area contributed by atoms with Gasteiger partial charge in [0.15, 0.2) is 6.23 Å². The van der Waals surface area contributed by atoms with Crippen molar-refractivity contribution in [1.82, 2.24) is 10.2 Å². The summed E-state index contributed by atoms with van der Waals surface area (Å²) in [6.45, 7) is -0.0702. The molecule has 3 N–H and O–H groups in total. The highest BCUT2D eigenvalue weighted by atomic mass is 16.7. The Kier molecular flexibility index (Phi) is 2.56. The maximum Gasteiger partial charge on any atom is 0.326 e. The second-order valence-electron chi connectivity index (χ2n) is 4.75. The highest BCUT2D eigenvalue weighted by Crippen LogP contribution is 2.41. The number of fused-ring (bicyclic) bond motifs is 2. The molecule has 3 amide bonds. The van der Waals surface area contributed by atoms with Crippen LogP contribution in [0.25, 0.3) is 0 Å². The molecule has 3 heterocycles. The summed E-state index contributed by atoms with van der Waals surface area (Å²) in [5, 5.41) is 21.5. The molecule has 3 aliphatic heterocycles. The van der Waals surface area contributed by atoms with Crippen LogP contribution in [0.3, 0.4) is 0 Å². The first-order valence-electron chi connectivity index (χ1n) is 5.76. The van der Waals surface area contributed by atoms with Crippen molar-refractivity contribution in [3.8, 4) is 0 Å². The summed E-state index contributed by atoms with van der Waals surface area (Å²) < 4.78 is 10.9. The second-order valence-corrected chi connectivity index (χ2v) is 4.75. The number of hydrogen-bond acceptors (Lipinski definition) is 6. The van der Waals surface area contributed by atoms with E-state index in [4.69, 9.17) is 9.47 Å². The molecule has 8 heteroatoms. The first-order chi connectivity index (χ1) is 8.57. The van der Waals surface area contributed by atoms with Gasteiger partial charge >= 0.3 is 6.03 Å². The zero-order valence-electron chi connectivity index (χ0n) is 9.54. The molecule has 0 aromatic heterocycles. The highest BCUT2D eigenvalue weighted by Gasteiger charge is 2.63. The molecule has 3 rings (SSSR count). The Morgan fingerprint density at radius 2 is 2.28 bits per heavy atom.